The van der Waals surface area contributed by atoms with E-state index in [1.54, 1.807) is 0 Å². The minimum absolute atomic E-state index is 0.0309. The lowest BCUT2D eigenvalue weighted by molar-refractivity contribution is -0.0516. The van der Waals surface area contributed by atoms with Gasteiger partial charge in [0.05, 0.1) is 18.8 Å². The lowest BCUT2D eigenvalue weighted by Crippen LogP contribution is -2.37. The molecule has 2 saturated heterocycles. The van der Waals surface area contributed by atoms with E-state index in [-0.39, 0.29) is 17.6 Å². The van der Waals surface area contributed by atoms with Gasteiger partial charge >= 0.3 is 38.7 Å². The van der Waals surface area contributed by atoms with Gasteiger partial charge in [0.25, 0.3) is 11.1 Å². The van der Waals surface area contributed by atoms with E-state index in [1.807, 2.05) is 4.98 Å². The molecular formula is C19H22N6O17P4+4. The largest absolute Gasteiger partial charge is 0.798 e. The molecule has 4 unspecified atom stereocenters. The molecule has 3 aromatic heterocycles. The van der Waals surface area contributed by atoms with Crippen molar-refractivity contribution in [1.82, 2.24) is 29.1 Å². The second-order valence-electron chi connectivity index (χ2n) is 9.28. The predicted molar refractivity (Wildman–Crippen MR) is 146 cm³/mol. The van der Waals surface area contributed by atoms with Crippen LogP contribution in [-0.2, 0) is 49.7 Å². The Morgan fingerprint density at radius 2 is 1.52 bits per heavy atom. The van der Waals surface area contributed by atoms with Gasteiger partial charge in [0.15, 0.2) is 30.3 Å². The molecule has 0 amide bonds. The van der Waals surface area contributed by atoms with Crippen LogP contribution < -0.4 is 16.8 Å². The molecule has 2 aliphatic rings. The van der Waals surface area contributed by atoms with Crippen molar-refractivity contribution in [1.29, 1.82) is 0 Å². The molecule has 2 aliphatic heterocycles. The number of H-pyrrole nitrogens is 2. The molecule has 246 valence electrons. The Kier molecular flexibility index (Phi) is 11.1. The summed E-state index contributed by atoms with van der Waals surface area (Å²) in [5.41, 5.74) is -1.87. The predicted octanol–water partition coefficient (Wildman–Crippen LogP) is -0.350. The van der Waals surface area contributed by atoms with Crippen LogP contribution in [0.15, 0.2) is 39.3 Å². The maximum atomic E-state index is 12.0. The Labute approximate surface area is 257 Å². The fraction of sp³-hybridized carbons (Fsp3) is 0.526. The van der Waals surface area contributed by atoms with Gasteiger partial charge in [-0.25, -0.2) is 14.8 Å². The molecule has 0 bridgehead atoms. The highest BCUT2D eigenvalue weighted by atomic mass is 31.2. The molecule has 23 nitrogen and oxygen atoms in total. The number of hydrogen-bond acceptors (Lipinski definition) is 19. The lowest BCUT2D eigenvalue weighted by atomic mass is 10.1. The van der Waals surface area contributed by atoms with Gasteiger partial charge < -0.3 is 29.8 Å². The van der Waals surface area contributed by atoms with E-state index in [0.29, 0.717) is 0 Å². The zero-order valence-corrected chi connectivity index (χ0v) is 26.2. The van der Waals surface area contributed by atoms with Crippen LogP contribution >= 0.6 is 33.0 Å². The maximum Gasteiger partial charge on any atom is 0.798 e. The highest BCUT2D eigenvalue weighted by Crippen LogP contribution is 2.51. The second kappa shape index (κ2) is 14.8. The van der Waals surface area contributed by atoms with Gasteiger partial charge in [0, 0.05) is 36.9 Å². The van der Waals surface area contributed by atoms with Crippen LogP contribution in [0.4, 0.5) is 0 Å². The third kappa shape index (κ3) is 7.93. The molecule has 0 saturated carbocycles. The normalized spacial score (nSPS) is 27.6. The molecular weight excluding hydrogens is 708 g/mol. The van der Waals surface area contributed by atoms with Gasteiger partial charge in [-0.3, -0.25) is 23.7 Å². The number of aromatic nitrogens is 6. The van der Waals surface area contributed by atoms with Gasteiger partial charge in [-0.2, -0.15) is 0 Å². The summed E-state index contributed by atoms with van der Waals surface area (Å²) < 4.78 is 83.9. The zero-order valence-electron chi connectivity index (χ0n) is 22.6. The molecule has 0 aliphatic carbocycles. The first kappa shape index (κ1) is 34.4. The Balaban J connectivity index is 1.02. The first-order valence-corrected chi connectivity index (χ1v) is 17.1. The van der Waals surface area contributed by atoms with E-state index >= 15 is 0 Å². The number of aliphatic hydroxyl groups is 3. The minimum atomic E-state index is -3.44. The minimum Gasteiger partial charge on any atom is -0.390 e. The zero-order chi connectivity index (χ0) is 33.1. The van der Waals surface area contributed by atoms with Crippen LogP contribution in [0.2, 0.25) is 0 Å². The van der Waals surface area contributed by atoms with Crippen molar-refractivity contribution in [3.8, 4) is 0 Å². The molecule has 11 atom stereocenters. The summed E-state index contributed by atoms with van der Waals surface area (Å²) in [5.74, 6) is 0. The third-order valence-corrected chi connectivity index (χ3v) is 10.4. The Morgan fingerprint density at radius 3 is 2.20 bits per heavy atom. The quantitative estimate of drug-likeness (QED) is 0.132. The standard InChI is InChI=1S/C19H20N6O17P4/c26-8-3-12(25-7-22-13-16(25)20-6-21-17(13)30)38-9(8)4-36-43(32)40-45(34)42-46(35)41-44(33)37-5-10-14(28)15(29)18(39-10)24-2-1-11(27)23-19(24)31/h1-2,6-10,12,14-15,18,26,28-29H,3-5H2/q+2/p+2/t8-,9+,10-,12+,14-,15-,18-/m1/s1. The summed E-state index contributed by atoms with van der Waals surface area (Å²) in [6.45, 7) is -1.23. The summed E-state index contributed by atoms with van der Waals surface area (Å²) in [7, 11) is -13.3. The number of aromatic amines is 2. The molecule has 27 heteroatoms. The van der Waals surface area contributed by atoms with Gasteiger partial charge in [0.2, 0.25) is 0 Å². The highest BCUT2D eigenvalue weighted by Gasteiger charge is 2.56. The molecule has 5 rings (SSSR count). The number of ether oxygens (including phenoxy) is 2. The van der Waals surface area contributed by atoms with Crippen LogP contribution in [0.3, 0.4) is 0 Å². The highest BCUT2D eigenvalue weighted by molar-refractivity contribution is 7.56. The second-order valence-corrected chi connectivity index (χ2v) is 13.5. The molecule has 2 fully saturated rings. The average Bonchev–Trinajstić information content (AvgIpc) is 3.67. The summed E-state index contributed by atoms with van der Waals surface area (Å²) >= 11 is 0. The average molecular weight is 730 g/mol. The molecule has 5 N–H and O–H groups in total. The van der Waals surface area contributed by atoms with Gasteiger partial charge in [-0.1, -0.05) is 0 Å². The summed E-state index contributed by atoms with van der Waals surface area (Å²) in [6, 6.07) is 0.976. The number of hydrogen-bond donors (Lipinski definition) is 5. The monoisotopic (exact) mass is 730 g/mol. The first-order chi connectivity index (χ1) is 21.9. The number of aliphatic hydroxyl groups excluding tert-OH is 3. The molecule has 0 spiro atoms. The summed E-state index contributed by atoms with van der Waals surface area (Å²) in [6.07, 6.45) is -5.55. The fourth-order valence-corrected chi connectivity index (χ4v) is 7.34. The van der Waals surface area contributed by atoms with E-state index in [2.05, 4.69) is 27.9 Å². The third-order valence-electron chi connectivity index (χ3n) is 6.43. The topological polar surface area (TPSA) is 312 Å². The molecule has 0 radical (unpaired) electrons. The van der Waals surface area contributed by atoms with Gasteiger partial charge in [-0.15, -0.1) is 9.05 Å². The van der Waals surface area contributed by atoms with Crippen molar-refractivity contribution < 1.29 is 65.0 Å². The number of imidazole rings is 1. The van der Waals surface area contributed by atoms with Crippen LogP contribution in [-0.4, -0.2) is 88.1 Å². The Morgan fingerprint density at radius 1 is 0.870 bits per heavy atom. The summed E-state index contributed by atoms with van der Waals surface area (Å²) in [5, 5.41) is 30.7. The number of rotatable bonds is 14. The van der Waals surface area contributed by atoms with E-state index < -0.39 is 106 Å². The van der Waals surface area contributed by atoms with E-state index in [4.69, 9.17) is 18.5 Å². The van der Waals surface area contributed by atoms with Crippen LogP contribution in [0.1, 0.15) is 18.9 Å². The number of nitrogens with zero attached hydrogens (tertiary/aromatic N) is 4. The molecule has 3 aromatic rings. The number of nitrogens with one attached hydrogen (secondary N) is 2. The maximum absolute atomic E-state index is 12.0. The van der Waals surface area contributed by atoms with Crippen LogP contribution in [0.5, 0.6) is 0 Å². The van der Waals surface area contributed by atoms with Gasteiger partial charge in [0.1, 0.15) is 43.9 Å². The van der Waals surface area contributed by atoms with E-state index in [9.17, 15) is 48.0 Å². The SMILES string of the molecule is O=c1ccn([C@@H]2O[C@H](CO[P+](=O)O[P+](=O)O[P+](=O)O[P+](=O)OC[C@@H]3O[C@H](n4cnc5c(=O)[nH]cnc54)C[C@H]3O)[C@@H](O)[C@H]2O)c(=O)[nH]1. The van der Waals surface area contributed by atoms with Crippen molar-refractivity contribution in [2.45, 2.75) is 49.4 Å². The van der Waals surface area contributed by atoms with Gasteiger partial charge in [-0.05, 0) is 0 Å². The number of fused-ring (bicyclic) bond motifs is 1. The molecule has 5 heterocycles. The Bertz CT molecular complexity index is 1830. The van der Waals surface area contributed by atoms with Crippen LogP contribution in [0, 0.1) is 0 Å². The first-order valence-electron chi connectivity index (χ1n) is 12.7. The summed E-state index contributed by atoms with van der Waals surface area (Å²) in [4.78, 5) is 47.3. The van der Waals surface area contributed by atoms with Crippen molar-refractivity contribution in [2.75, 3.05) is 13.2 Å². The molecule has 0 aromatic carbocycles. The molecule has 46 heavy (non-hydrogen) atoms. The van der Waals surface area contributed by atoms with Crippen molar-refractivity contribution in [3.05, 3.63) is 56.1 Å². The van der Waals surface area contributed by atoms with Crippen molar-refractivity contribution in [3.63, 3.8) is 0 Å². The van der Waals surface area contributed by atoms with E-state index in [1.165, 1.54) is 17.2 Å². The Hall–Kier alpha value is -2.97. The van der Waals surface area contributed by atoms with E-state index in [0.717, 1.165) is 16.8 Å². The lowest BCUT2D eigenvalue weighted by Gasteiger charge is -2.16. The van der Waals surface area contributed by atoms with Crippen molar-refractivity contribution in [2.24, 2.45) is 0 Å². The van der Waals surface area contributed by atoms with Crippen molar-refractivity contribution >= 4 is 44.2 Å². The van der Waals surface area contributed by atoms with Crippen LogP contribution in [0.25, 0.3) is 11.2 Å². The fourth-order valence-electron chi connectivity index (χ4n) is 4.34. The smallest absolute Gasteiger partial charge is 0.390 e.